The maximum atomic E-state index is 2.26. The SMILES string of the molecule is CC1=[N+](C)N(C)CC1C. The van der Waals surface area contributed by atoms with Gasteiger partial charge in [0.05, 0.1) is 19.5 Å². The van der Waals surface area contributed by atoms with Crippen LogP contribution in [0.4, 0.5) is 0 Å². The Kier molecular flexibility index (Phi) is 1.47. The van der Waals surface area contributed by atoms with Crippen LogP contribution in [0.1, 0.15) is 13.8 Å². The average Bonchev–Trinajstić information content (AvgIpc) is 1.98. The van der Waals surface area contributed by atoms with Crippen molar-refractivity contribution in [3.8, 4) is 0 Å². The van der Waals surface area contributed by atoms with Crippen LogP contribution >= 0.6 is 0 Å². The zero-order valence-corrected chi connectivity index (χ0v) is 6.68. The Morgan fingerprint density at radius 2 is 2.22 bits per heavy atom. The summed E-state index contributed by atoms with van der Waals surface area (Å²) in [5.74, 6) is 0.736. The van der Waals surface area contributed by atoms with Gasteiger partial charge in [-0.05, 0) is 0 Å². The van der Waals surface area contributed by atoms with Gasteiger partial charge in [0.2, 0.25) is 0 Å². The number of hydrogen-bond donors (Lipinski definition) is 0. The summed E-state index contributed by atoms with van der Waals surface area (Å²) in [6.07, 6.45) is 0. The van der Waals surface area contributed by atoms with Crippen molar-refractivity contribution in [3.63, 3.8) is 0 Å². The summed E-state index contributed by atoms with van der Waals surface area (Å²) in [7, 11) is 4.23. The second-order valence-corrected chi connectivity index (χ2v) is 2.91. The molecule has 1 aliphatic heterocycles. The molecule has 0 saturated carbocycles. The van der Waals surface area contributed by atoms with Crippen molar-refractivity contribution in [2.45, 2.75) is 13.8 Å². The number of hydrazone groups is 1. The van der Waals surface area contributed by atoms with Crippen molar-refractivity contribution in [3.05, 3.63) is 0 Å². The number of rotatable bonds is 0. The zero-order valence-electron chi connectivity index (χ0n) is 6.68. The first-order valence-electron chi connectivity index (χ1n) is 3.41. The van der Waals surface area contributed by atoms with Gasteiger partial charge in [-0.2, -0.15) is 5.01 Å². The van der Waals surface area contributed by atoms with Crippen LogP contribution in [0.25, 0.3) is 0 Å². The van der Waals surface area contributed by atoms with Gasteiger partial charge in [0.1, 0.15) is 0 Å². The van der Waals surface area contributed by atoms with E-state index in [1.807, 2.05) is 0 Å². The molecule has 0 saturated heterocycles. The molecule has 0 amide bonds. The van der Waals surface area contributed by atoms with Crippen molar-refractivity contribution in [1.29, 1.82) is 0 Å². The van der Waals surface area contributed by atoms with Crippen molar-refractivity contribution in [1.82, 2.24) is 5.01 Å². The third-order valence-corrected chi connectivity index (χ3v) is 2.27. The van der Waals surface area contributed by atoms with Gasteiger partial charge in [-0.25, -0.2) is 0 Å². The Labute approximate surface area is 56.8 Å². The van der Waals surface area contributed by atoms with E-state index in [1.54, 1.807) is 0 Å². The molecule has 1 unspecified atom stereocenters. The standard InChI is InChI=1S/C7H15N2/c1-6-5-8(3)9(4)7(6)2/h6H,5H2,1-4H3/q+1. The summed E-state index contributed by atoms with van der Waals surface area (Å²) in [6.45, 7) is 5.62. The molecule has 0 aliphatic carbocycles. The third-order valence-electron chi connectivity index (χ3n) is 2.27. The van der Waals surface area contributed by atoms with E-state index in [2.05, 4.69) is 37.6 Å². The average molecular weight is 127 g/mol. The first-order chi connectivity index (χ1) is 4.13. The summed E-state index contributed by atoms with van der Waals surface area (Å²) in [6, 6.07) is 0. The summed E-state index contributed by atoms with van der Waals surface area (Å²) in [5.41, 5.74) is 1.47. The van der Waals surface area contributed by atoms with E-state index in [0.29, 0.717) is 0 Å². The highest BCUT2D eigenvalue weighted by Crippen LogP contribution is 2.08. The molecular weight excluding hydrogens is 112 g/mol. The zero-order chi connectivity index (χ0) is 7.02. The van der Waals surface area contributed by atoms with Gasteiger partial charge >= 0.3 is 0 Å². The topological polar surface area (TPSA) is 6.25 Å². The minimum Gasteiger partial charge on any atom is -0.189 e. The van der Waals surface area contributed by atoms with Crippen LogP contribution in [0, 0.1) is 5.92 Å². The minimum absolute atomic E-state index is 0.736. The Bertz CT molecular complexity index is 133. The van der Waals surface area contributed by atoms with Gasteiger partial charge in [-0.1, -0.05) is 6.92 Å². The van der Waals surface area contributed by atoms with Crippen LogP contribution in [0.15, 0.2) is 0 Å². The molecule has 0 N–H and O–H groups in total. The third kappa shape index (κ3) is 0.934. The summed E-state index contributed by atoms with van der Waals surface area (Å²) < 4.78 is 2.21. The van der Waals surface area contributed by atoms with Crippen molar-refractivity contribution < 1.29 is 4.68 Å². The maximum Gasteiger partial charge on any atom is 0.183 e. The van der Waals surface area contributed by atoms with Crippen LogP contribution in [-0.2, 0) is 0 Å². The second kappa shape index (κ2) is 2.01. The van der Waals surface area contributed by atoms with Gasteiger partial charge in [-0.3, -0.25) is 0 Å². The molecule has 52 valence electrons. The fraction of sp³-hybridized carbons (Fsp3) is 0.857. The normalized spacial score (nSPS) is 28.0. The van der Waals surface area contributed by atoms with Crippen LogP contribution in [-0.4, -0.2) is 36.0 Å². The molecule has 2 heteroatoms. The number of nitrogens with zero attached hydrogens (tertiary/aromatic N) is 2. The smallest absolute Gasteiger partial charge is 0.183 e. The van der Waals surface area contributed by atoms with Gasteiger partial charge in [0, 0.05) is 6.92 Å². The molecule has 0 radical (unpaired) electrons. The molecular formula is C7H15N2+. The predicted molar refractivity (Wildman–Crippen MR) is 38.7 cm³/mol. The Morgan fingerprint density at radius 1 is 1.67 bits per heavy atom. The summed E-state index contributed by atoms with van der Waals surface area (Å²) in [5, 5.41) is 2.24. The molecule has 0 spiro atoms. The lowest BCUT2D eigenvalue weighted by atomic mass is 10.1. The summed E-state index contributed by atoms with van der Waals surface area (Å²) in [4.78, 5) is 0. The van der Waals surface area contributed by atoms with Gasteiger partial charge in [-0.15, -0.1) is 4.68 Å². The van der Waals surface area contributed by atoms with Crippen molar-refractivity contribution >= 4 is 5.71 Å². The first-order valence-corrected chi connectivity index (χ1v) is 3.41. The quantitative estimate of drug-likeness (QED) is 0.432. The van der Waals surface area contributed by atoms with Crippen LogP contribution < -0.4 is 0 Å². The van der Waals surface area contributed by atoms with E-state index in [1.165, 1.54) is 12.3 Å². The molecule has 1 aliphatic rings. The van der Waals surface area contributed by atoms with Crippen molar-refractivity contribution in [2.24, 2.45) is 5.92 Å². The molecule has 0 aromatic rings. The fourth-order valence-corrected chi connectivity index (χ4v) is 1.24. The highest BCUT2D eigenvalue weighted by atomic mass is 15.6. The van der Waals surface area contributed by atoms with E-state index in [-0.39, 0.29) is 0 Å². The lowest BCUT2D eigenvalue weighted by Gasteiger charge is -2.03. The van der Waals surface area contributed by atoms with Gasteiger partial charge in [0.25, 0.3) is 0 Å². The molecule has 0 bridgehead atoms. The molecule has 1 atom stereocenters. The Hall–Kier alpha value is -0.530. The van der Waals surface area contributed by atoms with Gasteiger partial charge in [0.15, 0.2) is 12.8 Å². The molecule has 0 aromatic heterocycles. The lowest BCUT2D eigenvalue weighted by Crippen LogP contribution is -2.24. The highest BCUT2D eigenvalue weighted by molar-refractivity contribution is 5.80. The van der Waals surface area contributed by atoms with Crippen LogP contribution in [0.5, 0.6) is 0 Å². The van der Waals surface area contributed by atoms with Gasteiger partial charge < -0.3 is 0 Å². The fourth-order valence-electron chi connectivity index (χ4n) is 1.24. The Balaban J connectivity index is 2.79. The van der Waals surface area contributed by atoms with E-state index in [9.17, 15) is 0 Å². The van der Waals surface area contributed by atoms with Crippen LogP contribution in [0.3, 0.4) is 0 Å². The lowest BCUT2D eigenvalue weighted by molar-refractivity contribution is -0.652. The largest absolute Gasteiger partial charge is 0.189 e. The Morgan fingerprint density at radius 3 is 2.33 bits per heavy atom. The van der Waals surface area contributed by atoms with Crippen LogP contribution in [0.2, 0.25) is 0 Å². The molecule has 0 fully saturated rings. The molecule has 1 heterocycles. The first kappa shape index (κ1) is 6.59. The molecule has 1 rings (SSSR count). The number of hydrogen-bond acceptors (Lipinski definition) is 1. The second-order valence-electron chi connectivity index (χ2n) is 2.91. The van der Waals surface area contributed by atoms with E-state index in [0.717, 1.165) is 5.92 Å². The highest BCUT2D eigenvalue weighted by Gasteiger charge is 2.27. The minimum atomic E-state index is 0.736. The monoisotopic (exact) mass is 127 g/mol. The summed E-state index contributed by atoms with van der Waals surface area (Å²) >= 11 is 0. The number of hydrazine groups is 1. The van der Waals surface area contributed by atoms with E-state index < -0.39 is 0 Å². The molecule has 2 nitrogen and oxygen atoms in total. The van der Waals surface area contributed by atoms with E-state index in [4.69, 9.17) is 0 Å². The van der Waals surface area contributed by atoms with E-state index >= 15 is 0 Å². The predicted octanol–water partition coefficient (Wildman–Crippen LogP) is 0.586. The maximum absolute atomic E-state index is 2.26. The van der Waals surface area contributed by atoms with Crippen molar-refractivity contribution in [2.75, 3.05) is 20.6 Å². The molecule has 0 aromatic carbocycles. The molecule has 9 heavy (non-hydrogen) atoms.